The normalized spacial score (nSPS) is 10.9. The molecule has 0 bridgehead atoms. The average Bonchev–Trinajstić information content (AvgIpc) is 3.31. The first-order valence-corrected chi connectivity index (χ1v) is 11.1. The largest absolute Gasteiger partial charge is 0.362 e. The van der Waals surface area contributed by atoms with E-state index in [2.05, 4.69) is 24.4 Å². The minimum Gasteiger partial charge on any atom is -0.362 e. The second-order valence-electron chi connectivity index (χ2n) is 7.72. The molecule has 0 saturated heterocycles. The van der Waals surface area contributed by atoms with Crippen molar-refractivity contribution >= 4 is 24.2 Å². The van der Waals surface area contributed by atoms with Gasteiger partial charge in [0.1, 0.15) is 0 Å². The molecule has 3 rings (SSSR count). The van der Waals surface area contributed by atoms with Crippen molar-refractivity contribution in [1.29, 1.82) is 0 Å². The predicted molar refractivity (Wildman–Crippen MR) is 122 cm³/mol. The van der Waals surface area contributed by atoms with Crippen molar-refractivity contribution in [2.45, 2.75) is 78.3 Å². The van der Waals surface area contributed by atoms with Crippen molar-refractivity contribution in [3.05, 3.63) is 24.3 Å². The van der Waals surface area contributed by atoms with Crippen LogP contribution in [0.2, 0.25) is 0 Å². The van der Waals surface area contributed by atoms with Crippen LogP contribution >= 0.6 is 12.4 Å². The summed E-state index contributed by atoms with van der Waals surface area (Å²) in [4.78, 5) is 0. The van der Waals surface area contributed by atoms with Gasteiger partial charge in [0.05, 0.1) is 11.1 Å². The molecule has 2 aromatic heterocycles. The lowest BCUT2D eigenvalue weighted by molar-refractivity contribution is -0.753. The number of benzene rings is 1. The maximum absolute atomic E-state index is 6.07. The van der Waals surface area contributed by atoms with Gasteiger partial charge in [0.25, 0.3) is 0 Å². The highest BCUT2D eigenvalue weighted by Gasteiger charge is 2.27. The molecule has 0 amide bonds. The summed E-state index contributed by atoms with van der Waals surface area (Å²) >= 11 is 0. The topological polar surface area (TPSA) is 112 Å². The zero-order valence-electron chi connectivity index (χ0n) is 18.5. The van der Waals surface area contributed by atoms with Gasteiger partial charge in [-0.25, -0.2) is 0 Å². The predicted octanol–water partition coefficient (Wildman–Crippen LogP) is 4.32. The third-order valence-corrected chi connectivity index (χ3v) is 5.34. The molecule has 8 nitrogen and oxygen atoms in total. The Kier molecular flexibility index (Phi) is 9.78. The molecule has 0 unspecified atom stereocenters. The molecular formula is C22H35ClN6O2+2. The first kappa shape index (κ1) is 24.7. The van der Waals surface area contributed by atoms with Gasteiger partial charge in [-0.15, -0.1) is 12.4 Å². The molecule has 0 atom stereocenters. The second-order valence-corrected chi connectivity index (χ2v) is 7.72. The molecular weight excluding hydrogens is 416 g/mol. The Hall–Kier alpha value is -2.61. The van der Waals surface area contributed by atoms with E-state index in [9.17, 15) is 0 Å². The summed E-state index contributed by atoms with van der Waals surface area (Å²) in [5.41, 5.74) is 15.7. The number of nitrogen functional groups attached to an aromatic ring is 2. The van der Waals surface area contributed by atoms with Gasteiger partial charge in [0.2, 0.25) is 10.5 Å². The quantitative estimate of drug-likeness (QED) is 0.314. The SMILES string of the molecule is CCCCCC[n+]1noc(N)c1-c1ccc(-c2c(N)on[n+]2CCCCCC)cc1.Cl. The molecule has 31 heavy (non-hydrogen) atoms. The molecule has 0 aliphatic rings. The lowest BCUT2D eigenvalue weighted by Crippen LogP contribution is -2.38. The fraction of sp³-hybridized carbons (Fsp3) is 0.545. The van der Waals surface area contributed by atoms with Crippen LogP contribution in [0.5, 0.6) is 0 Å². The zero-order valence-corrected chi connectivity index (χ0v) is 19.4. The third kappa shape index (κ3) is 6.19. The number of rotatable bonds is 12. The van der Waals surface area contributed by atoms with Crippen LogP contribution in [-0.2, 0) is 13.1 Å². The fourth-order valence-electron chi connectivity index (χ4n) is 3.66. The van der Waals surface area contributed by atoms with Gasteiger partial charge in [-0.3, -0.25) is 9.05 Å². The summed E-state index contributed by atoms with van der Waals surface area (Å²) in [7, 11) is 0. The molecule has 170 valence electrons. The summed E-state index contributed by atoms with van der Waals surface area (Å²) in [5.74, 6) is 0.655. The van der Waals surface area contributed by atoms with Crippen LogP contribution < -0.4 is 20.8 Å². The van der Waals surface area contributed by atoms with Crippen LogP contribution in [0.4, 0.5) is 11.8 Å². The first-order chi connectivity index (χ1) is 14.7. The number of hydrogen-bond acceptors (Lipinski definition) is 6. The van der Waals surface area contributed by atoms with Gasteiger partial charge >= 0.3 is 23.2 Å². The van der Waals surface area contributed by atoms with Crippen LogP contribution in [0.15, 0.2) is 33.3 Å². The minimum atomic E-state index is 0. The van der Waals surface area contributed by atoms with Gasteiger partial charge in [0.15, 0.2) is 13.1 Å². The standard InChI is InChI=1S/C22H33N6O2.ClH/c1-3-5-7-9-15-27-19(21(23)29-25-27)17-11-13-18(14-12-17)20-22(24)30-26-28(20)16-10-8-6-4-2;/h11-14,23-25H,3-10,15-16H2,1-2H3;1H/q+1;/p+1. The Bertz CT molecular complexity index is 847. The van der Waals surface area contributed by atoms with Crippen molar-refractivity contribution < 1.29 is 18.4 Å². The summed E-state index contributed by atoms with van der Waals surface area (Å²) < 4.78 is 14.2. The van der Waals surface area contributed by atoms with Gasteiger partial charge in [0, 0.05) is 12.8 Å². The van der Waals surface area contributed by atoms with E-state index in [0.717, 1.165) is 48.4 Å². The Morgan fingerprint density at radius 2 is 1.06 bits per heavy atom. The van der Waals surface area contributed by atoms with Crippen LogP contribution in [0, 0.1) is 0 Å². The maximum atomic E-state index is 6.07. The number of unbranched alkanes of at least 4 members (excludes halogenated alkanes) is 6. The number of aryl methyl sites for hydroxylation is 2. The summed E-state index contributed by atoms with van der Waals surface area (Å²) in [6.45, 7) is 5.97. The number of hydrogen-bond donors (Lipinski definition) is 2. The van der Waals surface area contributed by atoms with E-state index in [1.165, 1.54) is 38.5 Å². The van der Waals surface area contributed by atoms with Gasteiger partial charge in [-0.1, -0.05) is 39.5 Å². The van der Waals surface area contributed by atoms with Crippen LogP contribution in [0.25, 0.3) is 22.5 Å². The Morgan fingerprint density at radius 3 is 1.42 bits per heavy atom. The Labute approximate surface area is 189 Å². The molecule has 1 aromatic carbocycles. The molecule has 9 heteroatoms. The third-order valence-electron chi connectivity index (χ3n) is 5.34. The number of nitrogens with two attached hydrogens (primary N) is 2. The molecule has 0 saturated carbocycles. The lowest BCUT2D eigenvalue weighted by atomic mass is 10.1. The number of aromatic nitrogens is 4. The van der Waals surface area contributed by atoms with Crippen molar-refractivity contribution in [3.63, 3.8) is 0 Å². The minimum absolute atomic E-state index is 0. The van der Waals surface area contributed by atoms with Gasteiger partial charge in [-0.2, -0.15) is 0 Å². The van der Waals surface area contributed by atoms with E-state index < -0.39 is 0 Å². The fourth-order valence-corrected chi connectivity index (χ4v) is 3.66. The van der Waals surface area contributed by atoms with Crippen molar-refractivity contribution in [2.24, 2.45) is 0 Å². The van der Waals surface area contributed by atoms with E-state index in [-0.39, 0.29) is 12.4 Å². The van der Waals surface area contributed by atoms with Crippen LogP contribution in [-0.4, -0.2) is 10.5 Å². The van der Waals surface area contributed by atoms with E-state index in [4.69, 9.17) is 20.5 Å². The lowest BCUT2D eigenvalue weighted by Gasteiger charge is -2.00. The van der Waals surface area contributed by atoms with E-state index in [0.29, 0.717) is 11.8 Å². The van der Waals surface area contributed by atoms with E-state index in [1.807, 2.05) is 33.6 Å². The molecule has 0 radical (unpaired) electrons. The Balaban J connectivity index is 0.00000341. The zero-order chi connectivity index (χ0) is 21.3. The first-order valence-electron chi connectivity index (χ1n) is 11.1. The summed E-state index contributed by atoms with van der Waals surface area (Å²) in [6.07, 6.45) is 9.26. The van der Waals surface area contributed by atoms with Crippen LogP contribution in [0.1, 0.15) is 65.2 Å². The molecule has 0 spiro atoms. The van der Waals surface area contributed by atoms with E-state index >= 15 is 0 Å². The van der Waals surface area contributed by atoms with Gasteiger partial charge in [-0.05, 0) is 46.5 Å². The molecule has 0 aliphatic carbocycles. The molecule has 0 aliphatic heterocycles. The van der Waals surface area contributed by atoms with E-state index in [1.54, 1.807) is 0 Å². The summed E-state index contributed by atoms with van der Waals surface area (Å²) in [5, 5.41) is 8.21. The maximum Gasteiger partial charge on any atom is 0.304 e. The number of anilines is 2. The molecule has 3 aromatic rings. The highest BCUT2D eigenvalue weighted by molar-refractivity contribution is 5.85. The highest BCUT2D eigenvalue weighted by Crippen LogP contribution is 2.27. The van der Waals surface area contributed by atoms with Gasteiger partial charge < -0.3 is 11.5 Å². The average molecular weight is 451 g/mol. The summed E-state index contributed by atoms with van der Waals surface area (Å²) in [6, 6.07) is 8.03. The van der Waals surface area contributed by atoms with Crippen LogP contribution in [0.3, 0.4) is 0 Å². The number of halogens is 1. The molecule has 0 fully saturated rings. The van der Waals surface area contributed by atoms with Crippen molar-refractivity contribution in [3.8, 4) is 22.5 Å². The highest BCUT2D eigenvalue weighted by atomic mass is 35.5. The molecule has 2 heterocycles. The second kappa shape index (κ2) is 12.3. The molecule has 4 N–H and O–H groups in total. The monoisotopic (exact) mass is 450 g/mol. The van der Waals surface area contributed by atoms with Crippen molar-refractivity contribution in [2.75, 3.05) is 11.5 Å². The Morgan fingerprint density at radius 1 is 0.677 bits per heavy atom. The smallest absolute Gasteiger partial charge is 0.304 e. The number of nitrogens with zero attached hydrogens (tertiary/aromatic N) is 4. The van der Waals surface area contributed by atoms with Crippen molar-refractivity contribution in [1.82, 2.24) is 10.5 Å².